The van der Waals surface area contributed by atoms with Crippen molar-refractivity contribution < 1.29 is 0 Å². The molecule has 1 nitrogen and oxygen atoms in total. The van der Waals surface area contributed by atoms with Gasteiger partial charge in [0.2, 0.25) is 0 Å². The van der Waals surface area contributed by atoms with E-state index in [4.69, 9.17) is 11.8 Å². The van der Waals surface area contributed by atoms with E-state index in [1.54, 1.807) is 0 Å². The highest BCUT2D eigenvalue weighted by Crippen LogP contribution is 2.04. The Morgan fingerprint density at radius 3 is 2.27 bits per heavy atom. The van der Waals surface area contributed by atoms with Gasteiger partial charge in [-0.05, 0) is 19.4 Å². The first-order valence-corrected chi connectivity index (χ1v) is 3.80. The maximum atomic E-state index is 5.31. The van der Waals surface area contributed by atoms with E-state index in [0.29, 0.717) is 0 Å². The van der Waals surface area contributed by atoms with Crippen molar-refractivity contribution in [2.24, 2.45) is 4.51 Å². The molecule has 1 aromatic carbocycles. The second-order valence-corrected chi connectivity index (χ2v) is 2.70. The molecule has 1 aromatic rings. The average molecular weight is 168 g/mol. The Kier molecular flexibility index (Phi) is 2.66. The monoisotopic (exact) mass is 167 g/mol. The number of rotatable bonds is 1. The topological polar surface area (TPSA) is 12.4 Å². The molecule has 0 unspecified atom stereocenters. The van der Waals surface area contributed by atoms with Gasteiger partial charge in [-0.3, -0.25) is 0 Å². The lowest BCUT2D eigenvalue weighted by Gasteiger charge is -1.97. The lowest BCUT2D eigenvalue weighted by Crippen LogP contribution is -1.91. The third-order valence-electron chi connectivity index (χ3n) is 1.60. The number of halogens is 1. The molecular formula is C9H10ClN. The van der Waals surface area contributed by atoms with Gasteiger partial charge in [-0.1, -0.05) is 29.8 Å². The number of hydrogen-bond donors (Lipinski definition) is 0. The molecule has 0 bridgehead atoms. The van der Waals surface area contributed by atoms with Crippen LogP contribution in [0.4, 0.5) is 0 Å². The molecule has 1 rings (SSSR count). The highest BCUT2D eigenvalue weighted by molar-refractivity contribution is 6.22. The lowest BCUT2D eigenvalue weighted by atomic mass is 10.1. The van der Waals surface area contributed by atoms with Gasteiger partial charge in [0.05, 0.1) is 5.71 Å². The fraction of sp³-hybridized carbons (Fsp3) is 0.222. The molecule has 0 N–H and O–H groups in total. The molecule has 58 valence electrons. The van der Waals surface area contributed by atoms with Gasteiger partial charge in [0.15, 0.2) is 0 Å². The Bertz CT molecular complexity index is 261. The Labute approximate surface area is 71.8 Å². The number of nitrogens with zero attached hydrogens (tertiary/aromatic N) is 1. The Balaban J connectivity index is 2.99. The van der Waals surface area contributed by atoms with Gasteiger partial charge in [0.1, 0.15) is 0 Å². The minimum atomic E-state index is 0.853. The molecule has 11 heavy (non-hydrogen) atoms. The van der Waals surface area contributed by atoms with Crippen LogP contribution in [-0.4, -0.2) is 5.71 Å². The van der Waals surface area contributed by atoms with E-state index in [2.05, 4.69) is 11.4 Å². The molecule has 0 aromatic heterocycles. The largest absolute Gasteiger partial charge is 0.182 e. The van der Waals surface area contributed by atoms with Crippen molar-refractivity contribution in [3.8, 4) is 0 Å². The molecule has 0 aliphatic heterocycles. The molecular weight excluding hydrogens is 158 g/mol. The molecule has 0 heterocycles. The highest BCUT2D eigenvalue weighted by atomic mass is 35.5. The lowest BCUT2D eigenvalue weighted by molar-refractivity contribution is 1.45. The first-order chi connectivity index (χ1) is 5.24. The number of benzene rings is 1. The van der Waals surface area contributed by atoms with E-state index in [0.717, 1.165) is 11.3 Å². The van der Waals surface area contributed by atoms with Crippen LogP contribution in [0.1, 0.15) is 18.1 Å². The first-order valence-electron chi connectivity index (χ1n) is 3.46. The van der Waals surface area contributed by atoms with Crippen LogP contribution in [0.3, 0.4) is 0 Å². The minimum Gasteiger partial charge on any atom is -0.182 e. The summed E-state index contributed by atoms with van der Waals surface area (Å²) in [4.78, 5) is 0. The predicted octanol–water partition coefficient (Wildman–Crippen LogP) is 2.96. The van der Waals surface area contributed by atoms with Crippen LogP contribution in [-0.2, 0) is 0 Å². The van der Waals surface area contributed by atoms with Crippen molar-refractivity contribution in [3.63, 3.8) is 0 Å². The van der Waals surface area contributed by atoms with Crippen molar-refractivity contribution >= 4 is 17.5 Å². The molecule has 0 spiro atoms. The summed E-state index contributed by atoms with van der Waals surface area (Å²) in [6, 6.07) is 8.11. The van der Waals surface area contributed by atoms with Gasteiger partial charge >= 0.3 is 0 Å². The van der Waals surface area contributed by atoms with Crippen LogP contribution in [0.2, 0.25) is 0 Å². The molecule has 0 radical (unpaired) electrons. The summed E-state index contributed by atoms with van der Waals surface area (Å²) >= 11 is 5.31. The van der Waals surface area contributed by atoms with Gasteiger partial charge in [-0.15, -0.1) is 0 Å². The summed E-state index contributed by atoms with van der Waals surface area (Å²) in [5.41, 5.74) is 3.17. The molecule has 2 heteroatoms. The molecule has 0 fully saturated rings. The zero-order valence-electron chi connectivity index (χ0n) is 6.63. The fourth-order valence-electron chi connectivity index (χ4n) is 0.844. The highest BCUT2D eigenvalue weighted by Gasteiger charge is 1.94. The second kappa shape index (κ2) is 3.54. The summed E-state index contributed by atoms with van der Waals surface area (Å²) in [6.07, 6.45) is 0. The van der Waals surface area contributed by atoms with Crippen molar-refractivity contribution in [2.45, 2.75) is 13.8 Å². The normalized spacial score (nSPS) is 11.7. The van der Waals surface area contributed by atoms with Crippen LogP contribution in [0.15, 0.2) is 28.8 Å². The van der Waals surface area contributed by atoms with E-state index in [9.17, 15) is 0 Å². The van der Waals surface area contributed by atoms with Crippen LogP contribution in [0.5, 0.6) is 0 Å². The summed E-state index contributed by atoms with van der Waals surface area (Å²) in [5.74, 6) is 0. The fourth-order valence-corrected chi connectivity index (χ4v) is 0.941. The van der Waals surface area contributed by atoms with Crippen LogP contribution in [0, 0.1) is 6.92 Å². The molecule has 0 amide bonds. The van der Waals surface area contributed by atoms with E-state index < -0.39 is 0 Å². The summed E-state index contributed by atoms with van der Waals surface area (Å²) < 4.78 is 3.58. The molecule has 0 saturated heterocycles. The number of hydrogen-bond acceptors (Lipinski definition) is 1. The smallest absolute Gasteiger partial charge is 0.0592 e. The van der Waals surface area contributed by atoms with E-state index in [1.165, 1.54) is 5.56 Å². The third kappa shape index (κ3) is 2.05. The van der Waals surface area contributed by atoms with Gasteiger partial charge < -0.3 is 0 Å². The van der Waals surface area contributed by atoms with Gasteiger partial charge in [0.25, 0.3) is 0 Å². The summed E-state index contributed by atoms with van der Waals surface area (Å²) in [5, 5.41) is 0. The Hall–Kier alpha value is -0.820. The van der Waals surface area contributed by atoms with Crippen molar-refractivity contribution in [1.29, 1.82) is 0 Å². The number of aryl methyl sites for hydroxylation is 1. The maximum absolute atomic E-state index is 5.31. The quantitative estimate of drug-likeness (QED) is 0.571. The van der Waals surface area contributed by atoms with E-state index in [1.807, 2.05) is 31.2 Å². The van der Waals surface area contributed by atoms with Gasteiger partial charge in [-0.25, -0.2) is 0 Å². The second-order valence-electron chi connectivity index (χ2n) is 2.54. The van der Waals surface area contributed by atoms with Crippen LogP contribution < -0.4 is 0 Å². The average Bonchev–Trinajstić information content (AvgIpc) is 2.05. The molecule has 0 aliphatic rings. The Morgan fingerprint density at radius 1 is 1.27 bits per heavy atom. The molecule has 0 saturated carbocycles. The van der Waals surface area contributed by atoms with Crippen molar-refractivity contribution in [3.05, 3.63) is 35.4 Å². The van der Waals surface area contributed by atoms with Gasteiger partial charge in [0, 0.05) is 11.8 Å². The maximum Gasteiger partial charge on any atom is 0.0592 e. The standard InChI is InChI=1S/C9H10ClN/c1-7-3-5-9(6-4-7)8(2)11-10/h3-6H,1-2H3. The van der Waals surface area contributed by atoms with Crippen LogP contribution in [0.25, 0.3) is 0 Å². The van der Waals surface area contributed by atoms with Crippen molar-refractivity contribution in [1.82, 2.24) is 0 Å². The van der Waals surface area contributed by atoms with Crippen LogP contribution >= 0.6 is 11.8 Å². The summed E-state index contributed by atoms with van der Waals surface area (Å²) in [7, 11) is 0. The Morgan fingerprint density at radius 2 is 1.82 bits per heavy atom. The van der Waals surface area contributed by atoms with Gasteiger partial charge in [-0.2, -0.15) is 4.51 Å². The zero-order chi connectivity index (χ0) is 8.27. The predicted molar refractivity (Wildman–Crippen MR) is 49.2 cm³/mol. The third-order valence-corrected chi connectivity index (χ3v) is 1.85. The minimum absolute atomic E-state index is 0.853. The summed E-state index contributed by atoms with van der Waals surface area (Å²) in [6.45, 7) is 3.94. The molecule has 0 atom stereocenters. The molecule has 0 aliphatic carbocycles. The zero-order valence-corrected chi connectivity index (χ0v) is 7.39. The first kappa shape index (κ1) is 8.28. The van der Waals surface area contributed by atoms with E-state index >= 15 is 0 Å². The van der Waals surface area contributed by atoms with Crippen molar-refractivity contribution in [2.75, 3.05) is 0 Å². The van der Waals surface area contributed by atoms with E-state index in [-0.39, 0.29) is 0 Å². The SMILES string of the molecule is CC(=NCl)c1ccc(C)cc1.